The van der Waals surface area contributed by atoms with Gasteiger partial charge in [-0.3, -0.25) is 4.79 Å². The van der Waals surface area contributed by atoms with Crippen molar-refractivity contribution in [3.05, 3.63) is 65.3 Å². The number of nitrogens with two attached hydrogens (primary N) is 1. The minimum atomic E-state index is -0.636. The Hall–Kier alpha value is -3.75. The summed E-state index contributed by atoms with van der Waals surface area (Å²) in [6.45, 7) is 2.01. The molecule has 0 saturated heterocycles. The fourth-order valence-electron chi connectivity index (χ4n) is 2.56. The minimum absolute atomic E-state index is 0.172. The van der Waals surface area contributed by atoms with Crippen LogP contribution in [-0.4, -0.2) is 22.1 Å². The van der Waals surface area contributed by atoms with Crippen LogP contribution in [0.25, 0.3) is 11.4 Å². The van der Waals surface area contributed by atoms with Gasteiger partial charge in [-0.2, -0.15) is 4.98 Å². The smallest absolute Gasteiger partial charge is 0.316 e. The number of amides is 3. The van der Waals surface area contributed by atoms with Crippen LogP contribution < -0.4 is 16.4 Å². The van der Waals surface area contributed by atoms with Crippen LogP contribution in [0, 0.1) is 12.7 Å². The van der Waals surface area contributed by atoms with E-state index in [1.165, 1.54) is 6.07 Å². The van der Waals surface area contributed by atoms with Crippen LogP contribution >= 0.6 is 0 Å². The summed E-state index contributed by atoms with van der Waals surface area (Å²) in [6, 6.07) is 11.0. The number of rotatable bonds is 7. The minimum Gasteiger partial charge on any atom is -0.352 e. The summed E-state index contributed by atoms with van der Waals surface area (Å²) in [4.78, 5) is 27.0. The largest absolute Gasteiger partial charge is 0.352 e. The lowest BCUT2D eigenvalue weighted by Crippen LogP contribution is -2.23. The van der Waals surface area contributed by atoms with Gasteiger partial charge < -0.3 is 20.9 Å². The van der Waals surface area contributed by atoms with Gasteiger partial charge in [-0.15, -0.1) is 0 Å². The van der Waals surface area contributed by atoms with Crippen molar-refractivity contribution in [3.63, 3.8) is 0 Å². The van der Waals surface area contributed by atoms with Gasteiger partial charge >= 0.3 is 6.03 Å². The van der Waals surface area contributed by atoms with Crippen LogP contribution in [-0.2, 0) is 17.8 Å². The normalized spacial score (nSPS) is 10.6. The van der Waals surface area contributed by atoms with Gasteiger partial charge in [-0.1, -0.05) is 29.4 Å². The number of carbonyl (C=O) groups excluding carboxylic acids is 2. The molecule has 0 atom stereocenters. The average molecular weight is 397 g/mol. The topological polar surface area (TPSA) is 123 Å². The van der Waals surface area contributed by atoms with Gasteiger partial charge in [0, 0.05) is 30.6 Å². The number of nitrogens with one attached hydrogen (secondary N) is 2. The molecule has 3 aromatic rings. The SMILES string of the molecule is Cc1ccc(-c2noc(CCC(=O)NCc3ccc(NC(N)=O)cc3)n2)cc1F. The van der Waals surface area contributed by atoms with Crippen molar-refractivity contribution in [1.29, 1.82) is 0 Å². The monoisotopic (exact) mass is 397 g/mol. The Morgan fingerprint density at radius 1 is 1.17 bits per heavy atom. The molecule has 8 nitrogen and oxygen atoms in total. The lowest BCUT2D eigenvalue weighted by atomic mass is 10.1. The Bertz CT molecular complexity index is 1020. The highest BCUT2D eigenvalue weighted by molar-refractivity contribution is 5.87. The first-order valence-corrected chi connectivity index (χ1v) is 8.92. The number of nitrogens with zero attached hydrogens (tertiary/aromatic N) is 2. The summed E-state index contributed by atoms with van der Waals surface area (Å²) in [7, 11) is 0. The molecule has 29 heavy (non-hydrogen) atoms. The van der Waals surface area contributed by atoms with Gasteiger partial charge in [0.25, 0.3) is 0 Å². The second-order valence-electron chi connectivity index (χ2n) is 6.44. The molecule has 0 saturated carbocycles. The van der Waals surface area contributed by atoms with E-state index < -0.39 is 6.03 Å². The average Bonchev–Trinajstić information content (AvgIpc) is 3.16. The molecule has 150 valence electrons. The van der Waals surface area contributed by atoms with E-state index in [1.54, 1.807) is 43.3 Å². The van der Waals surface area contributed by atoms with Crippen LogP contribution in [0.1, 0.15) is 23.4 Å². The van der Waals surface area contributed by atoms with Crippen molar-refractivity contribution >= 4 is 17.6 Å². The van der Waals surface area contributed by atoms with Crippen LogP contribution in [0.15, 0.2) is 47.0 Å². The van der Waals surface area contributed by atoms with Crippen LogP contribution in [0.3, 0.4) is 0 Å². The molecule has 0 fully saturated rings. The Balaban J connectivity index is 1.48. The highest BCUT2D eigenvalue weighted by Crippen LogP contribution is 2.19. The van der Waals surface area contributed by atoms with Crippen molar-refractivity contribution in [2.75, 3.05) is 5.32 Å². The summed E-state index contributed by atoms with van der Waals surface area (Å²) in [5, 5.41) is 9.09. The maximum atomic E-state index is 13.7. The molecule has 4 N–H and O–H groups in total. The van der Waals surface area contributed by atoms with Crippen molar-refractivity contribution < 1.29 is 18.5 Å². The zero-order valence-electron chi connectivity index (χ0n) is 15.7. The molecule has 3 rings (SSSR count). The molecular formula is C20H20FN5O3. The Kier molecular flexibility index (Phi) is 6.18. The van der Waals surface area contributed by atoms with Gasteiger partial charge in [-0.25, -0.2) is 9.18 Å². The van der Waals surface area contributed by atoms with Crippen LogP contribution in [0.5, 0.6) is 0 Å². The highest BCUT2D eigenvalue weighted by atomic mass is 19.1. The third-order valence-corrected chi connectivity index (χ3v) is 4.18. The zero-order chi connectivity index (χ0) is 20.8. The highest BCUT2D eigenvalue weighted by Gasteiger charge is 2.12. The predicted molar refractivity (Wildman–Crippen MR) is 104 cm³/mol. The number of primary amides is 1. The molecule has 0 aliphatic carbocycles. The second-order valence-corrected chi connectivity index (χ2v) is 6.44. The molecule has 0 radical (unpaired) electrons. The lowest BCUT2D eigenvalue weighted by molar-refractivity contribution is -0.121. The van der Waals surface area contributed by atoms with E-state index >= 15 is 0 Å². The Morgan fingerprint density at radius 3 is 2.62 bits per heavy atom. The van der Waals surface area contributed by atoms with Gasteiger partial charge in [0.15, 0.2) is 0 Å². The third-order valence-electron chi connectivity index (χ3n) is 4.18. The quantitative estimate of drug-likeness (QED) is 0.566. The molecule has 0 spiro atoms. The van der Waals surface area contributed by atoms with E-state index in [-0.39, 0.29) is 30.4 Å². The van der Waals surface area contributed by atoms with Gasteiger partial charge in [0.05, 0.1) is 0 Å². The summed E-state index contributed by atoms with van der Waals surface area (Å²) < 4.78 is 18.8. The van der Waals surface area contributed by atoms with E-state index in [4.69, 9.17) is 10.3 Å². The van der Waals surface area contributed by atoms with E-state index in [0.717, 1.165) is 5.56 Å². The number of aryl methyl sites for hydroxylation is 2. The summed E-state index contributed by atoms with van der Waals surface area (Å²) in [6.07, 6.45) is 0.444. The molecule has 9 heteroatoms. The number of anilines is 1. The fraction of sp³-hybridized carbons (Fsp3) is 0.200. The third kappa shape index (κ3) is 5.61. The number of aromatic nitrogens is 2. The molecular weight excluding hydrogens is 377 g/mol. The van der Waals surface area contributed by atoms with Gasteiger partial charge in [-0.05, 0) is 36.2 Å². The number of carbonyl (C=O) groups is 2. The van der Waals surface area contributed by atoms with Crippen molar-refractivity contribution in [2.45, 2.75) is 26.3 Å². The van der Waals surface area contributed by atoms with Crippen molar-refractivity contribution in [1.82, 2.24) is 15.5 Å². The summed E-state index contributed by atoms with van der Waals surface area (Å²) in [5.41, 5.74) is 7.55. The molecule has 0 bridgehead atoms. The second kappa shape index (κ2) is 8.96. The van der Waals surface area contributed by atoms with E-state index in [9.17, 15) is 14.0 Å². The molecule has 1 aromatic heterocycles. The van der Waals surface area contributed by atoms with Crippen LogP contribution in [0.4, 0.5) is 14.9 Å². The first-order chi connectivity index (χ1) is 13.9. The van der Waals surface area contributed by atoms with Crippen molar-refractivity contribution in [3.8, 4) is 11.4 Å². The molecule has 0 aliphatic rings. The first-order valence-electron chi connectivity index (χ1n) is 8.92. The Morgan fingerprint density at radius 2 is 1.93 bits per heavy atom. The molecule has 1 heterocycles. The zero-order valence-corrected chi connectivity index (χ0v) is 15.7. The number of hydrogen-bond donors (Lipinski definition) is 3. The summed E-state index contributed by atoms with van der Waals surface area (Å²) in [5.74, 6) is 0.0686. The van der Waals surface area contributed by atoms with Gasteiger partial charge in [0.2, 0.25) is 17.6 Å². The Labute approximate surface area is 166 Å². The maximum Gasteiger partial charge on any atom is 0.316 e. The number of benzene rings is 2. The summed E-state index contributed by atoms with van der Waals surface area (Å²) >= 11 is 0. The number of urea groups is 1. The maximum absolute atomic E-state index is 13.7. The molecule has 2 aromatic carbocycles. The van der Waals surface area contributed by atoms with E-state index in [0.29, 0.717) is 29.2 Å². The fourth-order valence-corrected chi connectivity index (χ4v) is 2.56. The molecule has 0 aliphatic heterocycles. The van der Waals surface area contributed by atoms with Crippen LogP contribution in [0.2, 0.25) is 0 Å². The number of hydrogen-bond acceptors (Lipinski definition) is 5. The first kappa shape index (κ1) is 20.0. The predicted octanol–water partition coefficient (Wildman–Crippen LogP) is 2.92. The van der Waals surface area contributed by atoms with E-state index in [2.05, 4.69) is 20.8 Å². The standard InChI is InChI=1S/C20H20FN5O3/c1-12-2-5-14(10-16(12)21)19-25-18(29-26-19)9-8-17(27)23-11-13-3-6-15(7-4-13)24-20(22)28/h2-7,10H,8-9,11H2,1H3,(H,23,27)(H3,22,24,28). The molecule has 3 amide bonds. The number of halogens is 1. The van der Waals surface area contributed by atoms with Gasteiger partial charge in [0.1, 0.15) is 5.82 Å². The van der Waals surface area contributed by atoms with Crippen molar-refractivity contribution in [2.24, 2.45) is 5.73 Å². The lowest BCUT2D eigenvalue weighted by Gasteiger charge is -2.06. The van der Waals surface area contributed by atoms with E-state index in [1.807, 2.05) is 0 Å². The molecule has 0 unspecified atom stereocenters.